The molecule has 0 spiro atoms. The van der Waals surface area contributed by atoms with E-state index in [4.69, 9.17) is 10.8 Å². The molecule has 3 N–H and O–H groups in total. The van der Waals surface area contributed by atoms with Gasteiger partial charge in [-0.05, 0) is 25.0 Å². The van der Waals surface area contributed by atoms with Gasteiger partial charge in [0.2, 0.25) is 0 Å². The molecule has 1 unspecified atom stereocenters. The van der Waals surface area contributed by atoms with E-state index in [1.807, 2.05) is 23.1 Å². The van der Waals surface area contributed by atoms with Crippen molar-refractivity contribution in [3.8, 4) is 0 Å². The van der Waals surface area contributed by atoms with E-state index >= 15 is 0 Å². The van der Waals surface area contributed by atoms with Crippen molar-refractivity contribution in [2.75, 3.05) is 17.2 Å². The standard InChI is InChI=1S/C11H14N2O2/c1-7(11(14)15)13-6-5-8-3-2-4-9(12)10(8)13/h2-4,7H,5-6,12H2,1H3,(H,14,15). The summed E-state index contributed by atoms with van der Waals surface area (Å²) in [4.78, 5) is 12.8. The first-order valence-electron chi connectivity index (χ1n) is 4.98. The Morgan fingerprint density at radius 2 is 2.33 bits per heavy atom. The summed E-state index contributed by atoms with van der Waals surface area (Å²) < 4.78 is 0. The van der Waals surface area contributed by atoms with Crippen LogP contribution in [0.5, 0.6) is 0 Å². The number of carboxylic acid groups (broad SMARTS) is 1. The van der Waals surface area contributed by atoms with Crippen LogP contribution < -0.4 is 10.6 Å². The second-order valence-electron chi connectivity index (χ2n) is 3.81. The summed E-state index contributed by atoms with van der Waals surface area (Å²) in [6.07, 6.45) is 0.873. The van der Waals surface area contributed by atoms with Crippen molar-refractivity contribution in [1.29, 1.82) is 0 Å². The number of carboxylic acids is 1. The van der Waals surface area contributed by atoms with E-state index < -0.39 is 12.0 Å². The molecule has 0 fully saturated rings. The number of fused-ring (bicyclic) bond motifs is 1. The molecule has 2 rings (SSSR count). The Balaban J connectivity index is 2.39. The lowest BCUT2D eigenvalue weighted by Crippen LogP contribution is -2.38. The third kappa shape index (κ3) is 1.52. The zero-order chi connectivity index (χ0) is 11.0. The number of benzene rings is 1. The number of para-hydroxylation sites is 1. The summed E-state index contributed by atoms with van der Waals surface area (Å²) >= 11 is 0. The molecule has 0 amide bonds. The third-order valence-corrected chi connectivity index (χ3v) is 2.88. The molecule has 80 valence electrons. The van der Waals surface area contributed by atoms with Crippen LogP contribution in [-0.4, -0.2) is 23.7 Å². The Labute approximate surface area is 88.3 Å². The summed E-state index contributed by atoms with van der Waals surface area (Å²) in [5.41, 5.74) is 8.57. The summed E-state index contributed by atoms with van der Waals surface area (Å²) in [6.45, 7) is 2.42. The highest BCUT2D eigenvalue weighted by atomic mass is 16.4. The number of hydrogen-bond donors (Lipinski definition) is 2. The van der Waals surface area contributed by atoms with Crippen molar-refractivity contribution in [2.24, 2.45) is 0 Å². The van der Waals surface area contributed by atoms with Crippen molar-refractivity contribution in [2.45, 2.75) is 19.4 Å². The van der Waals surface area contributed by atoms with Crippen LogP contribution in [0.4, 0.5) is 11.4 Å². The highest BCUT2D eigenvalue weighted by molar-refractivity contribution is 5.83. The molecule has 0 aromatic heterocycles. The molecule has 0 saturated carbocycles. The number of nitrogens with two attached hydrogens (primary N) is 1. The first-order chi connectivity index (χ1) is 7.11. The average Bonchev–Trinajstić information content (AvgIpc) is 2.61. The van der Waals surface area contributed by atoms with Crippen LogP contribution in [0.1, 0.15) is 12.5 Å². The number of aliphatic carboxylic acids is 1. The molecule has 0 saturated heterocycles. The second kappa shape index (κ2) is 3.46. The molecule has 1 aromatic rings. The van der Waals surface area contributed by atoms with Crippen LogP contribution in [0.15, 0.2) is 18.2 Å². The highest BCUT2D eigenvalue weighted by Crippen LogP contribution is 2.34. The van der Waals surface area contributed by atoms with Crippen LogP contribution in [0, 0.1) is 0 Å². The zero-order valence-electron chi connectivity index (χ0n) is 8.60. The predicted molar refractivity (Wildman–Crippen MR) is 59.0 cm³/mol. The van der Waals surface area contributed by atoms with Gasteiger partial charge < -0.3 is 15.7 Å². The van der Waals surface area contributed by atoms with Gasteiger partial charge in [0, 0.05) is 6.54 Å². The second-order valence-corrected chi connectivity index (χ2v) is 3.81. The number of nitrogens with zero attached hydrogens (tertiary/aromatic N) is 1. The molecule has 1 aliphatic heterocycles. The van der Waals surface area contributed by atoms with E-state index in [0.29, 0.717) is 5.69 Å². The fourth-order valence-corrected chi connectivity index (χ4v) is 2.04. The zero-order valence-corrected chi connectivity index (χ0v) is 8.60. The van der Waals surface area contributed by atoms with Gasteiger partial charge in [-0.15, -0.1) is 0 Å². The van der Waals surface area contributed by atoms with Crippen LogP contribution >= 0.6 is 0 Å². The van der Waals surface area contributed by atoms with Gasteiger partial charge in [0.15, 0.2) is 0 Å². The number of anilines is 2. The van der Waals surface area contributed by atoms with Gasteiger partial charge >= 0.3 is 5.97 Å². The van der Waals surface area contributed by atoms with Crippen molar-refractivity contribution in [3.05, 3.63) is 23.8 Å². The molecule has 0 aliphatic carbocycles. The molecule has 1 aromatic carbocycles. The van der Waals surface area contributed by atoms with E-state index in [9.17, 15) is 4.79 Å². The highest BCUT2D eigenvalue weighted by Gasteiger charge is 2.28. The van der Waals surface area contributed by atoms with Crippen LogP contribution in [0.25, 0.3) is 0 Å². The molecule has 1 aliphatic rings. The normalized spacial score (nSPS) is 16.2. The quantitative estimate of drug-likeness (QED) is 0.711. The largest absolute Gasteiger partial charge is 0.480 e. The Morgan fingerprint density at radius 1 is 1.60 bits per heavy atom. The Hall–Kier alpha value is -1.71. The first kappa shape index (κ1) is 9.83. The molecule has 4 heteroatoms. The van der Waals surface area contributed by atoms with Crippen molar-refractivity contribution < 1.29 is 9.90 Å². The lowest BCUT2D eigenvalue weighted by molar-refractivity contribution is -0.138. The SMILES string of the molecule is CC(C(=O)O)N1CCc2cccc(N)c21. The minimum absolute atomic E-state index is 0.518. The minimum Gasteiger partial charge on any atom is -0.480 e. The lowest BCUT2D eigenvalue weighted by atomic mass is 10.1. The molecule has 1 heterocycles. The first-order valence-corrected chi connectivity index (χ1v) is 4.98. The maximum absolute atomic E-state index is 10.9. The fourth-order valence-electron chi connectivity index (χ4n) is 2.04. The van der Waals surface area contributed by atoms with Gasteiger partial charge in [-0.1, -0.05) is 12.1 Å². The molecular weight excluding hydrogens is 192 g/mol. The smallest absolute Gasteiger partial charge is 0.326 e. The monoisotopic (exact) mass is 206 g/mol. The predicted octanol–water partition coefficient (Wildman–Crippen LogP) is 1.10. The van der Waals surface area contributed by atoms with E-state index in [1.54, 1.807) is 6.92 Å². The Kier molecular flexibility index (Phi) is 2.26. The van der Waals surface area contributed by atoms with E-state index in [-0.39, 0.29) is 0 Å². The van der Waals surface area contributed by atoms with Crippen LogP contribution in [0.3, 0.4) is 0 Å². The van der Waals surface area contributed by atoms with E-state index in [0.717, 1.165) is 24.2 Å². The van der Waals surface area contributed by atoms with Gasteiger partial charge in [0.25, 0.3) is 0 Å². The molecule has 1 atom stereocenters. The van der Waals surface area contributed by atoms with Gasteiger partial charge in [0.05, 0.1) is 11.4 Å². The summed E-state index contributed by atoms with van der Waals surface area (Å²) in [7, 11) is 0. The molecule has 15 heavy (non-hydrogen) atoms. The maximum Gasteiger partial charge on any atom is 0.326 e. The van der Waals surface area contributed by atoms with Gasteiger partial charge in [-0.2, -0.15) is 0 Å². The number of rotatable bonds is 2. The number of nitrogen functional groups attached to an aromatic ring is 1. The van der Waals surface area contributed by atoms with Crippen molar-refractivity contribution >= 4 is 17.3 Å². The Bertz CT molecular complexity index is 404. The Morgan fingerprint density at radius 3 is 3.00 bits per heavy atom. The van der Waals surface area contributed by atoms with Gasteiger partial charge in [-0.3, -0.25) is 0 Å². The number of carbonyl (C=O) groups is 1. The summed E-state index contributed by atoms with van der Waals surface area (Å²) in [6, 6.07) is 5.20. The van der Waals surface area contributed by atoms with E-state index in [1.165, 1.54) is 0 Å². The van der Waals surface area contributed by atoms with E-state index in [2.05, 4.69) is 0 Å². The molecule has 0 bridgehead atoms. The fraction of sp³-hybridized carbons (Fsp3) is 0.364. The average molecular weight is 206 g/mol. The van der Waals surface area contributed by atoms with Crippen LogP contribution in [-0.2, 0) is 11.2 Å². The molecular formula is C11H14N2O2. The third-order valence-electron chi connectivity index (χ3n) is 2.88. The molecule has 4 nitrogen and oxygen atoms in total. The topological polar surface area (TPSA) is 66.6 Å². The summed E-state index contributed by atoms with van der Waals surface area (Å²) in [5, 5.41) is 8.98. The maximum atomic E-state index is 10.9. The van der Waals surface area contributed by atoms with Gasteiger partial charge in [-0.25, -0.2) is 4.79 Å². The number of hydrogen-bond acceptors (Lipinski definition) is 3. The van der Waals surface area contributed by atoms with Crippen LogP contribution in [0.2, 0.25) is 0 Å². The minimum atomic E-state index is -0.814. The van der Waals surface area contributed by atoms with Crippen molar-refractivity contribution in [3.63, 3.8) is 0 Å². The summed E-state index contributed by atoms with van der Waals surface area (Å²) in [5.74, 6) is -0.814. The lowest BCUT2D eigenvalue weighted by Gasteiger charge is -2.24. The van der Waals surface area contributed by atoms with Crippen molar-refractivity contribution in [1.82, 2.24) is 0 Å². The molecule has 0 radical (unpaired) electrons. The van der Waals surface area contributed by atoms with Gasteiger partial charge in [0.1, 0.15) is 6.04 Å².